The zero-order valence-electron chi connectivity index (χ0n) is 14.9. The number of carbonyl (C=O) groups excluding carboxylic acids is 1. The highest BCUT2D eigenvalue weighted by molar-refractivity contribution is 7.98. The maximum Gasteiger partial charge on any atom is 0.254 e. The Morgan fingerprint density at radius 1 is 1.12 bits per heavy atom. The maximum absolute atomic E-state index is 12.9. The summed E-state index contributed by atoms with van der Waals surface area (Å²) in [5, 5.41) is 0. The molecule has 1 fully saturated rings. The molecule has 1 aliphatic rings. The molecule has 1 amide bonds. The molecule has 1 heterocycles. The van der Waals surface area contributed by atoms with Gasteiger partial charge in [0.2, 0.25) is 0 Å². The molecule has 4 heteroatoms. The molecule has 25 heavy (non-hydrogen) atoms. The molecular formula is C21H25NO2S. The van der Waals surface area contributed by atoms with Gasteiger partial charge in [0, 0.05) is 17.9 Å². The quantitative estimate of drug-likeness (QED) is 0.788. The first-order chi connectivity index (χ1) is 12.2. The van der Waals surface area contributed by atoms with E-state index in [9.17, 15) is 4.79 Å². The lowest BCUT2D eigenvalue weighted by Gasteiger charge is -2.37. The van der Waals surface area contributed by atoms with Gasteiger partial charge < -0.3 is 9.64 Å². The van der Waals surface area contributed by atoms with Crippen LogP contribution in [0.2, 0.25) is 0 Å². The fraction of sp³-hybridized carbons (Fsp3) is 0.381. The lowest BCUT2D eigenvalue weighted by molar-refractivity contribution is -0.0691. The van der Waals surface area contributed by atoms with Gasteiger partial charge in [0.25, 0.3) is 5.91 Å². The van der Waals surface area contributed by atoms with E-state index in [4.69, 9.17) is 4.74 Å². The van der Waals surface area contributed by atoms with Gasteiger partial charge in [0.05, 0.1) is 12.6 Å². The van der Waals surface area contributed by atoms with Crippen molar-refractivity contribution in [1.82, 2.24) is 4.90 Å². The number of benzene rings is 2. The van der Waals surface area contributed by atoms with Gasteiger partial charge in [0.15, 0.2) is 0 Å². The van der Waals surface area contributed by atoms with Crippen molar-refractivity contribution >= 4 is 17.7 Å². The van der Waals surface area contributed by atoms with E-state index in [1.807, 2.05) is 53.9 Å². The van der Waals surface area contributed by atoms with Gasteiger partial charge in [0.1, 0.15) is 6.10 Å². The van der Waals surface area contributed by atoms with Crippen LogP contribution in [0.5, 0.6) is 0 Å². The zero-order chi connectivity index (χ0) is 17.6. The van der Waals surface area contributed by atoms with Crippen LogP contribution in [0.4, 0.5) is 0 Å². The highest BCUT2D eigenvalue weighted by Gasteiger charge is 2.29. The molecule has 2 unspecified atom stereocenters. The van der Waals surface area contributed by atoms with Crippen molar-refractivity contribution < 1.29 is 9.53 Å². The number of ether oxygens (including phenoxy) is 1. The normalized spacial score (nSPS) is 20.5. The molecule has 0 radical (unpaired) electrons. The molecule has 2 atom stereocenters. The highest BCUT2D eigenvalue weighted by Crippen LogP contribution is 2.26. The molecule has 3 nitrogen and oxygen atoms in total. The molecular weight excluding hydrogens is 330 g/mol. The number of nitrogens with zero attached hydrogens (tertiary/aromatic N) is 1. The molecule has 0 saturated carbocycles. The predicted molar refractivity (Wildman–Crippen MR) is 104 cm³/mol. The summed E-state index contributed by atoms with van der Waals surface area (Å²) in [5.74, 6) is 2.19. The van der Waals surface area contributed by atoms with Crippen molar-refractivity contribution in [3.63, 3.8) is 0 Å². The summed E-state index contributed by atoms with van der Waals surface area (Å²) < 4.78 is 6.06. The maximum atomic E-state index is 12.9. The zero-order valence-corrected chi connectivity index (χ0v) is 15.7. The Balaban J connectivity index is 1.70. The lowest BCUT2D eigenvalue weighted by Crippen LogP contribution is -2.45. The largest absolute Gasteiger partial charge is 0.367 e. The SMILES string of the molecule is CCSCc1ccc(C(=O)N2CC(C)OC(c3ccccc3)C2)cc1. The standard InChI is InChI=1S/C21H25NO2S/c1-3-25-15-17-9-11-19(12-10-17)21(23)22-13-16(2)24-20(14-22)18-7-5-4-6-8-18/h4-12,16,20H,3,13-15H2,1-2H3. The van der Waals surface area contributed by atoms with E-state index in [0.717, 1.165) is 22.6 Å². The Kier molecular flexibility index (Phi) is 6.16. The van der Waals surface area contributed by atoms with E-state index in [1.165, 1.54) is 5.56 Å². The van der Waals surface area contributed by atoms with E-state index in [2.05, 4.69) is 31.2 Å². The molecule has 0 bridgehead atoms. The summed E-state index contributed by atoms with van der Waals surface area (Å²) in [7, 11) is 0. The van der Waals surface area contributed by atoms with Gasteiger partial charge in [-0.25, -0.2) is 0 Å². The molecule has 0 aliphatic carbocycles. The number of hydrogen-bond donors (Lipinski definition) is 0. The van der Waals surface area contributed by atoms with E-state index in [0.29, 0.717) is 13.1 Å². The third-order valence-corrected chi connectivity index (χ3v) is 5.34. The summed E-state index contributed by atoms with van der Waals surface area (Å²) in [6, 6.07) is 18.2. The van der Waals surface area contributed by atoms with Gasteiger partial charge in [-0.2, -0.15) is 11.8 Å². The second-order valence-corrected chi connectivity index (χ2v) is 7.66. The third kappa shape index (κ3) is 4.65. The average Bonchev–Trinajstić information content (AvgIpc) is 2.66. The first-order valence-electron chi connectivity index (χ1n) is 8.83. The van der Waals surface area contributed by atoms with Gasteiger partial charge >= 0.3 is 0 Å². The van der Waals surface area contributed by atoms with Crippen molar-refractivity contribution in [3.05, 3.63) is 71.3 Å². The minimum absolute atomic E-state index is 0.0307. The van der Waals surface area contributed by atoms with Crippen LogP contribution < -0.4 is 0 Å². The van der Waals surface area contributed by atoms with Crippen molar-refractivity contribution in [3.8, 4) is 0 Å². The van der Waals surface area contributed by atoms with E-state index in [-0.39, 0.29) is 18.1 Å². The Bertz CT molecular complexity index is 687. The fourth-order valence-electron chi connectivity index (χ4n) is 3.12. The fourth-order valence-corrected chi connectivity index (χ4v) is 3.75. The van der Waals surface area contributed by atoms with Crippen molar-refractivity contribution in [2.24, 2.45) is 0 Å². The molecule has 1 saturated heterocycles. The van der Waals surface area contributed by atoms with Crippen molar-refractivity contribution in [2.45, 2.75) is 31.8 Å². The van der Waals surface area contributed by atoms with Gasteiger partial charge in [-0.3, -0.25) is 4.79 Å². The third-order valence-electron chi connectivity index (χ3n) is 4.39. The lowest BCUT2D eigenvalue weighted by atomic mass is 10.1. The van der Waals surface area contributed by atoms with Crippen LogP contribution in [0.3, 0.4) is 0 Å². The van der Waals surface area contributed by atoms with Crippen LogP contribution in [-0.2, 0) is 10.5 Å². The molecule has 132 valence electrons. The molecule has 2 aromatic carbocycles. The topological polar surface area (TPSA) is 29.5 Å². The minimum Gasteiger partial charge on any atom is -0.367 e. The van der Waals surface area contributed by atoms with Gasteiger partial charge in [-0.05, 0) is 35.9 Å². The van der Waals surface area contributed by atoms with Crippen LogP contribution in [0.1, 0.15) is 41.4 Å². The highest BCUT2D eigenvalue weighted by atomic mass is 32.2. The van der Waals surface area contributed by atoms with Crippen LogP contribution in [0, 0.1) is 0 Å². The number of carbonyl (C=O) groups is 1. The van der Waals surface area contributed by atoms with Gasteiger partial charge in [-0.1, -0.05) is 49.4 Å². The molecule has 2 aromatic rings. The minimum atomic E-state index is -0.0610. The second kappa shape index (κ2) is 8.54. The van der Waals surface area contributed by atoms with Crippen LogP contribution in [0.15, 0.2) is 54.6 Å². The molecule has 3 rings (SSSR count). The molecule has 0 spiro atoms. The first-order valence-corrected chi connectivity index (χ1v) is 9.99. The van der Waals surface area contributed by atoms with Crippen LogP contribution >= 0.6 is 11.8 Å². The van der Waals surface area contributed by atoms with E-state index >= 15 is 0 Å². The number of hydrogen-bond acceptors (Lipinski definition) is 3. The average molecular weight is 356 g/mol. The second-order valence-electron chi connectivity index (χ2n) is 6.39. The molecule has 0 aromatic heterocycles. The molecule has 0 N–H and O–H groups in total. The number of morpholine rings is 1. The van der Waals surface area contributed by atoms with E-state index < -0.39 is 0 Å². The Morgan fingerprint density at radius 3 is 2.52 bits per heavy atom. The van der Waals surface area contributed by atoms with Crippen LogP contribution in [-0.4, -0.2) is 35.8 Å². The summed E-state index contributed by atoms with van der Waals surface area (Å²) in [6.45, 7) is 5.42. The number of rotatable bonds is 5. The Hall–Kier alpha value is -1.78. The predicted octanol–water partition coefficient (Wildman–Crippen LogP) is 4.54. The van der Waals surface area contributed by atoms with Crippen molar-refractivity contribution in [1.29, 1.82) is 0 Å². The summed E-state index contributed by atoms with van der Waals surface area (Å²) >= 11 is 1.89. The van der Waals surface area contributed by atoms with Crippen molar-refractivity contribution in [2.75, 3.05) is 18.8 Å². The number of thioether (sulfide) groups is 1. The smallest absolute Gasteiger partial charge is 0.254 e. The molecule has 1 aliphatic heterocycles. The monoisotopic (exact) mass is 355 g/mol. The van der Waals surface area contributed by atoms with Gasteiger partial charge in [-0.15, -0.1) is 0 Å². The Morgan fingerprint density at radius 2 is 1.84 bits per heavy atom. The van der Waals surface area contributed by atoms with E-state index in [1.54, 1.807) is 0 Å². The number of amides is 1. The summed E-state index contributed by atoms with van der Waals surface area (Å²) in [5.41, 5.74) is 3.14. The first kappa shape index (κ1) is 18.0. The van der Waals surface area contributed by atoms with Crippen LogP contribution in [0.25, 0.3) is 0 Å². The summed E-state index contributed by atoms with van der Waals surface area (Å²) in [6.07, 6.45) is -0.0303. The summed E-state index contributed by atoms with van der Waals surface area (Å²) in [4.78, 5) is 14.8. The Labute approximate surface area is 154 Å².